The molecule has 5 nitrogen and oxygen atoms in total. The van der Waals surface area contributed by atoms with E-state index in [4.69, 9.17) is 19.9 Å². The zero-order valence-electron chi connectivity index (χ0n) is 9.14. The van der Waals surface area contributed by atoms with E-state index < -0.39 is 12.3 Å². The zero-order chi connectivity index (χ0) is 11.3. The molecule has 0 amide bonds. The molecule has 1 rings (SSSR count). The first-order valence-electron chi connectivity index (χ1n) is 4.54. The molecule has 1 unspecified atom stereocenters. The third-order valence-electron chi connectivity index (χ3n) is 2.09. The first kappa shape index (κ1) is 11.9. The molecule has 5 heteroatoms. The summed E-state index contributed by atoms with van der Waals surface area (Å²) in [6.07, 6.45) is 1.12. The van der Waals surface area contributed by atoms with Crippen molar-refractivity contribution in [1.82, 2.24) is 4.98 Å². The fourth-order valence-corrected chi connectivity index (χ4v) is 1.34. The Morgan fingerprint density at radius 2 is 1.93 bits per heavy atom. The van der Waals surface area contributed by atoms with Crippen molar-refractivity contribution in [2.24, 2.45) is 5.73 Å². The molecule has 0 bridgehead atoms. The van der Waals surface area contributed by atoms with Crippen LogP contribution in [0.4, 0.5) is 0 Å². The summed E-state index contributed by atoms with van der Waals surface area (Å²) in [6, 6.07) is 3.10. The second-order valence-electron chi connectivity index (χ2n) is 2.96. The number of ether oxygens (including phenoxy) is 3. The lowest BCUT2D eigenvalue weighted by Crippen LogP contribution is -2.30. The van der Waals surface area contributed by atoms with Gasteiger partial charge < -0.3 is 19.9 Å². The van der Waals surface area contributed by atoms with Gasteiger partial charge in [0, 0.05) is 20.4 Å². The minimum atomic E-state index is -0.534. The summed E-state index contributed by atoms with van der Waals surface area (Å²) in [4.78, 5) is 4.16. The van der Waals surface area contributed by atoms with Crippen molar-refractivity contribution < 1.29 is 14.2 Å². The van der Waals surface area contributed by atoms with Crippen molar-refractivity contribution in [3.63, 3.8) is 0 Å². The summed E-state index contributed by atoms with van der Waals surface area (Å²) in [6.45, 7) is 0. The smallest absolute Gasteiger partial charge is 0.177 e. The fourth-order valence-electron chi connectivity index (χ4n) is 1.34. The molecule has 84 valence electrons. The number of rotatable bonds is 5. The molecule has 0 saturated carbocycles. The SMILES string of the molecule is COc1cccnc1C(N)C(OC)OC. The van der Waals surface area contributed by atoms with Crippen LogP contribution in [0, 0.1) is 0 Å². The van der Waals surface area contributed by atoms with Crippen molar-refractivity contribution in [3.05, 3.63) is 24.0 Å². The van der Waals surface area contributed by atoms with Crippen LogP contribution in [0.1, 0.15) is 11.7 Å². The van der Waals surface area contributed by atoms with E-state index in [9.17, 15) is 0 Å². The van der Waals surface area contributed by atoms with Gasteiger partial charge in [-0.15, -0.1) is 0 Å². The Morgan fingerprint density at radius 1 is 1.27 bits per heavy atom. The van der Waals surface area contributed by atoms with E-state index in [2.05, 4.69) is 4.98 Å². The quantitative estimate of drug-likeness (QED) is 0.728. The molecule has 2 N–H and O–H groups in total. The third-order valence-corrected chi connectivity index (χ3v) is 2.09. The Kier molecular flexibility index (Phi) is 4.48. The molecular formula is C10H16N2O3. The number of nitrogens with zero attached hydrogens (tertiary/aromatic N) is 1. The van der Waals surface area contributed by atoms with Crippen LogP contribution in [0.2, 0.25) is 0 Å². The molecule has 1 aromatic rings. The second kappa shape index (κ2) is 5.65. The van der Waals surface area contributed by atoms with Gasteiger partial charge in [0.2, 0.25) is 0 Å². The highest BCUT2D eigenvalue weighted by Crippen LogP contribution is 2.24. The molecule has 15 heavy (non-hydrogen) atoms. The highest BCUT2D eigenvalue weighted by molar-refractivity contribution is 5.29. The minimum Gasteiger partial charge on any atom is -0.495 e. The summed E-state index contributed by atoms with van der Waals surface area (Å²) >= 11 is 0. The average molecular weight is 212 g/mol. The normalized spacial score (nSPS) is 12.9. The summed E-state index contributed by atoms with van der Waals surface area (Å²) in [7, 11) is 4.63. The molecule has 1 heterocycles. The minimum absolute atomic E-state index is 0.476. The molecule has 1 aromatic heterocycles. The van der Waals surface area contributed by atoms with Crippen LogP contribution in [-0.2, 0) is 9.47 Å². The van der Waals surface area contributed by atoms with Crippen LogP contribution < -0.4 is 10.5 Å². The highest BCUT2D eigenvalue weighted by Gasteiger charge is 2.22. The van der Waals surface area contributed by atoms with E-state index >= 15 is 0 Å². The van der Waals surface area contributed by atoms with Gasteiger partial charge in [-0.1, -0.05) is 0 Å². The van der Waals surface area contributed by atoms with Gasteiger partial charge >= 0.3 is 0 Å². The molecule has 0 aromatic carbocycles. The number of hydrogen-bond donors (Lipinski definition) is 1. The summed E-state index contributed by atoms with van der Waals surface area (Å²) < 4.78 is 15.3. The Labute approximate surface area is 89.2 Å². The first-order chi connectivity index (χ1) is 7.24. The van der Waals surface area contributed by atoms with Gasteiger partial charge in [-0.05, 0) is 12.1 Å². The maximum Gasteiger partial charge on any atom is 0.177 e. The van der Waals surface area contributed by atoms with Crippen molar-refractivity contribution >= 4 is 0 Å². The fraction of sp³-hybridized carbons (Fsp3) is 0.500. The summed E-state index contributed by atoms with van der Waals surface area (Å²) in [5.74, 6) is 0.629. The van der Waals surface area contributed by atoms with Gasteiger partial charge in [-0.2, -0.15) is 0 Å². The van der Waals surface area contributed by atoms with E-state index in [1.165, 1.54) is 14.2 Å². The van der Waals surface area contributed by atoms with Gasteiger partial charge in [0.05, 0.1) is 7.11 Å². The van der Waals surface area contributed by atoms with Crippen LogP contribution in [0.3, 0.4) is 0 Å². The van der Waals surface area contributed by atoms with Gasteiger partial charge in [-0.3, -0.25) is 4.98 Å². The largest absolute Gasteiger partial charge is 0.495 e. The monoisotopic (exact) mass is 212 g/mol. The Morgan fingerprint density at radius 3 is 2.47 bits per heavy atom. The van der Waals surface area contributed by atoms with Crippen LogP contribution in [0.25, 0.3) is 0 Å². The maximum absolute atomic E-state index is 5.94. The van der Waals surface area contributed by atoms with Crippen molar-refractivity contribution in [2.75, 3.05) is 21.3 Å². The summed E-state index contributed by atoms with van der Waals surface area (Å²) in [5, 5.41) is 0. The Bertz CT molecular complexity index is 302. The molecule has 0 aliphatic rings. The second-order valence-corrected chi connectivity index (χ2v) is 2.96. The molecule has 0 aliphatic heterocycles. The average Bonchev–Trinajstić information content (AvgIpc) is 2.30. The highest BCUT2D eigenvalue weighted by atomic mass is 16.7. The lowest BCUT2D eigenvalue weighted by Gasteiger charge is -2.21. The van der Waals surface area contributed by atoms with E-state index in [1.807, 2.05) is 0 Å². The van der Waals surface area contributed by atoms with E-state index in [1.54, 1.807) is 25.4 Å². The van der Waals surface area contributed by atoms with E-state index in [-0.39, 0.29) is 0 Å². The Balaban J connectivity index is 2.93. The molecule has 0 radical (unpaired) electrons. The van der Waals surface area contributed by atoms with Crippen LogP contribution in [0.15, 0.2) is 18.3 Å². The number of aromatic nitrogens is 1. The summed E-state index contributed by atoms with van der Waals surface area (Å²) in [5.41, 5.74) is 6.56. The third kappa shape index (κ3) is 2.65. The standard InChI is InChI=1S/C10H16N2O3/c1-13-7-5-4-6-12-9(7)8(11)10(14-2)15-3/h4-6,8,10H,11H2,1-3H3. The maximum atomic E-state index is 5.94. The number of methoxy groups -OCH3 is 3. The number of pyridine rings is 1. The number of hydrogen-bond acceptors (Lipinski definition) is 5. The van der Waals surface area contributed by atoms with Gasteiger partial charge in [0.15, 0.2) is 6.29 Å². The zero-order valence-corrected chi connectivity index (χ0v) is 9.14. The van der Waals surface area contributed by atoms with E-state index in [0.29, 0.717) is 11.4 Å². The molecule has 0 fully saturated rings. The van der Waals surface area contributed by atoms with Crippen LogP contribution in [-0.4, -0.2) is 32.6 Å². The van der Waals surface area contributed by atoms with Gasteiger partial charge in [0.25, 0.3) is 0 Å². The molecular weight excluding hydrogens is 196 g/mol. The van der Waals surface area contributed by atoms with Crippen LogP contribution in [0.5, 0.6) is 5.75 Å². The van der Waals surface area contributed by atoms with E-state index in [0.717, 1.165) is 0 Å². The van der Waals surface area contributed by atoms with Crippen molar-refractivity contribution in [3.8, 4) is 5.75 Å². The topological polar surface area (TPSA) is 66.6 Å². The Hall–Kier alpha value is -1.17. The molecule has 0 aliphatic carbocycles. The van der Waals surface area contributed by atoms with Crippen molar-refractivity contribution in [2.45, 2.75) is 12.3 Å². The molecule has 0 saturated heterocycles. The van der Waals surface area contributed by atoms with Crippen molar-refractivity contribution in [1.29, 1.82) is 0 Å². The first-order valence-corrected chi connectivity index (χ1v) is 4.54. The molecule has 1 atom stereocenters. The predicted molar refractivity (Wildman–Crippen MR) is 55.5 cm³/mol. The number of nitrogens with two attached hydrogens (primary N) is 1. The van der Waals surface area contributed by atoms with Gasteiger partial charge in [0.1, 0.15) is 17.5 Å². The lowest BCUT2D eigenvalue weighted by molar-refractivity contribution is -0.118. The molecule has 0 spiro atoms. The van der Waals surface area contributed by atoms with Gasteiger partial charge in [-0.25, -0.2) is 0 Å². The predicted octanol–water partition coefficient (Wildman–Crippen LogP) is 0.709. The van der Waals surface area contributed by atoms with Crippen LogP contribution >= 0.6 is 0 Å². The lowest BCUT2D eigenvalue weighted by atomic mass is 10.1.